The molecule has 1 aromatic carbocycles. The van der Waals surface area contributed by atoms with Crippen LogP contribution in [-0.4, -0.2) is 17.6 Å². The van der Waals surface area contributed by atoms with Gasteiger partial charge in [0, 0.05) is 19.6 Å². The van der Waals surface area contributed by atoms with Gasteiger partial charge >= 0.3 is 0 Å². The number of carbonyl (C=O) groups is 1. The predicted molar refractivity (Wildman–Crippen MR) is 68.6 cm³/mol. The van der Waals surface area contributed by atoms with Crippen molar-refractivity contribution in [3.63, 3.8) is 0 Å². The zero-order valence-electron chi connectivity index (χ0n) is 10.4. The minimum Gasteiger partial charge on any atom is -0.396 e. The van der Waals surface area contributed by atoms with Gasteiger partial charge in [-0.3, -0.25) is 4.79 Å². The Labute approximate surface area is 103 Å². The van der Waals surface area contributed by atoms with Crippen LogP contribution in [0.4, 0.5) is 0 Å². The summed E-state index contributed by atoms with van der Waals surface area (Å²) in [6, 6.07) is 8.15. The van der Waals surface area contributed by atoms with E-state index in [9.17, 15) is 4.79 Å². The first-order valence-corrected chi connectivity index (χ1v) is 6.22. The van der Waals surface area contributed by atoms with Crippen molar-refractivity contribution in [2.45, 2.75) is 39.2 Å². The molecule has 0 aliphatic heterocycles. The van der Waals surface area contributed by atoms with Crippen LogP contribution in [0.5, 0.6) is 0 Å². The van der Waals surface area contributed by atoms with Crippen LogP contribution >= 0.6 is 0 Å². The normalized spacial score (nSPS) is 10.2. The SMILES string of the molecule is CCc1ccccc1CNC(=O)CCCCO. The number of amides is 1. The number of hydrogen-bond donors (Lipinski definition) is 2. The second-order valence-electron chi connectivity index (χ2n) is 4.08. The average molecular weight is 235 g/mol. The summed E-state index contributed by atoms with van der Waals surface area (Å²) in [7, 11) is 0. The van der Waals surface area contributed by atoms with Crippen LogP contribution in [0.3, 0.4) is 0 Å². The lowest BCUT2D eigenvalue weighted by Gasteiger charge is -2.09. The molecule has 0 bridgehead atoms. The van der Waals surface area contributed by atoms with Crippen molar-refractivity contribution in [2.24, 2.45) is 0 Å². The minimum absolute atomic E-state index is 0.0596. The Kier molecular flexibility index (Phi) is 6.33. The highest BCUT2D eigenvalue weighted by atomic mass is 16.2. The highest BCUT2D eigenvalue weighted by molar-refractivity contribution is 5.75. The van der Waals surface area contributed by atoms with Gasteiger partial charge in [0.1, 0.15) is 0 Å². The molecule has 3 nitrogen and oxygen atoms in total. The lowest BCUT2D eigenvalue weighted by Crippen LogP contribution is -2.23. The third-order valence-corrected chi connectivity index (χ3v) is 2.79. The van der Waals surface area contributed by atoms with Crippen molar-refractivity contribution in [3.05, 3.63) is 35.4 Å². The predicted octanol–water partition coefficient (Wildman–Crippen LogP) is 2.03. The van der Waals surface area contributed by atoms with E-state index in [-0.39, 0.29) is 12.5 Å². The van der Waals surface area contributed by atoms with Crippen molar-refractivity contribution in [3.8, 4) is 0 Å². The van der Waals surface area contributed by atoms with Crippen LogP contribution < -0.4 is 5.32 Å². The number of aryl methyl sites for hydroxylation is 1. The number of unbranched alkanes of at least 4 members (excludes halogenated alkanes) is 1. The molecule has 0 spiro atoms. The van der Waals surface area contributed by atoms with E-state index in [1.807, 2.05) is 18.2 Å². The summed E-state index contributed by atoms with van der Waals surface area (Å²) in [5, 5.41) is 11.5. The topological polar surface area (TPSA) is 49.3 Å². The zero-order chi connectivity index (χ0) is 12.5. The fourth-order valence-electron chi connectivity index (χ4n) is 1.75. The second kappa shape index (κ2) is 7.85. The van der Waals surface area contributed by atoms with Crippen molar-refractivity contribution >= 4 is 5.91 Å². The van der Waals surface area contributed by atoms with E-state index in [1.165, 1.54) is 11.1 Å². The van der Waals surface area contributed by atoms with Crippen LogP contribution in [0.2, 0.25) is 0 Å². The molecule has 1 amide bonds. The number of nitrogens with one attached hydrogen (secondary N) is 1. The molecule has 0 aromatic heterocycles. The maximum atomic E-state index is 11.5. The van der Waals surface area contributed by atoms with Crippen molar-refractivity contribution < 1.29 is 9.90 Å². The molecule has 0 radical (unpaired) electrons. The van der Waals surface area contributed by atoms with Crippen LogP contribution in [0, 0.1) is 0 Å². The Morgan fingerprint density at radius 3 is 2.59 bits per heavy atom. The molecule has 2 N–H and O–H groups in total. The van der Waals surface area contributed by atoms with Crippen molar-refractivity contribution in [2.75, 3.05) is 6.61 Å². The molecule has 0 fully saturated rings. The Balaban J connectivity index is 2.36. The van der Waals surface area contributed by atoms with Crippen LogP contribution in [-0.2, 0) is 17.8 Å². The average Bonchev–Trinajstić information content (AvgIpc) is 2.37. The van der Waals surface area contributed by atoms with Gasteiger partial charge in [-0.25, -0.2) is 0 Å². The van der Waals surface area contributed by atoms with Gasteiger partial charge in [-0.1, -0.05) is 31.2 Å². The van der Waals surface area contributed by atoms with E-state index in [1.54, 1.807) is 0 Å². The monoisotopic (exact) mass is 235 g/mol. The fourth-order valence-corrected chi connectivity index (χ4v) is 1.75. The summed E-state index contributed by atoms with van der Waals surface area (Å²) < 4.78 is 0. The molecule has 17 heavy (non-hydrogen) atoms. The van der Waals surface area contributed by atoms with Crippen LogP contribution in [0.25, 0.3) is 0 Å². The lowest BCUT2D eigenvalue weighted by atomic mass is 10.1. The summed E-state index contributed by atoms with van der Waals surface area (Å²) in [6.07, 6.45) is 2.92. The van der Waals surface area contributed by atoms with Gasteiger partial charge < -0.3 is 10.4 Å². The number of carbonyl (C=O) groups excluding carboxylic acids is 1. The molecular weight excluding hydrogens is 214 g/mol. The summed E-state index contributed by atoms with van der Waals surface area (Å²) in [6.45, 7) is 2.87. The molecule has 94 valence electrons. The maximum Gasteiger partial charge on any atom is 0.220 e. The van der Waals surface area contributed by atoms with Crippen molar-refractivity contribution in [1.29, 1.82) is 0 Å². The molecule has 0 unspecified atom stereocenters. The molecule has 3 heteroatoms. The van der Waals surface area contributed by atoms with E-state index in [2.05, 4.69) is 18.3 Å². The summed E-state index contributed by atoms with van der Waals surface area (Å²) in [5.41, 5.74) is 2.47. The number of aliphatic hydroxyl groups excluding tert-OH is 1. The summed E-state index contributed by atoms with van der Waals surface area (Å²) in [5.74, 6) is 0.0596. The standard InChI is InChI=1S/C14H21NO2/c1-2-12-7-3-4-8-13(12)11-15-14(17)9-5-6-10-16/h3-4,7-8,16H,2,5-6,9-11H2,1H3,(H,15,17). The number of benzene rings is 1. The first kappa shape index (κ1) is 13.7. The van der Waals surface area contributed by atoms with Gasteiger partial charge in [-0.15, -0.1) is 0 Å². The first-order valence-electron chi connectivity index (χ1n) is 6.22. The lowest BCUT2D eigenvalue weighted by molar-refractivity contribution is -0.121. The molecule has 1 aromatic rings. The molecule has 0 saturated carbocycles. The second-order valence-corrected chi connectivity index (χ2v) is 4.08. The molecule has 0 heterocycles. The summed E-state index contributed by atoms with van der Waals surface area (Å²) >= 11 is 0. The Morgan fingerprint density at radius 2 is 1.94 bits per heavy atom. The third-order valence-electron chi connectivity index (χ3n) is 2.79. The van der Waals surface area contributed by atoms with Gasteiger partial charge in [0.05, 0.1) is 0 Å². The molecule has 0 aliphatic rings. The maximum absolute atomic E-state index is 11.5. The number of aliphatic hydroxyl groups is 1. The van der Waals surface area contributed by atoms with E-state index >= 15 is 0 Å². The fraction of sp³-hybridized carbons (Fsp3) is 0.500. The quantitative estimate of drug-likeness (QED) is 0.710. The van der Waals surface area contributed by atoms with Crippen LogP contribution in [0.1, 0.15) is 37.3 Å². The van der Waals surface area contributed by atoms with E-state index in [0.717, 1.165) is 12.8 Å². The third kappa shape index (κ3) is 5.00. The van der Waals surface area contributed by atoms with Gasteiger partial charge in [0.25, 0.3) is 0 Å². The van der Waals surface area contributed by atoms with Gasteiger partial charge in [0.2, 0.25) is 5.91 Å². The number of hydrogen-bond acceptors (Lipinski definition) is 2. The van der Waals surface area contributed by atoms with Crippen molar-refractivity contribution in [1.82, 2.24) is 5.32 Å². The van der Waals surface area contributed by atoms with Gasteiger partial charge in [0.15, 0.2) is 0 Å². The largest absolute Gasteiger partial charge is 0.396 e. The summed E-state index contributed by atoms with van der Waals surface area (Å²) in [4.78, 5) is 11.5. The van der Waals surface area contributed by atoms with E-state index < -0.39 is 0 Å². The van der Waals surface area contributed by atoms with Gasteiger partial charge in [-0.2, -0.15) is 0 Å². The molecule has 0 aliphatic carbocycles. The zero-order valence-corrected chi connectivity index (χ0v) is 10.4. The smallest absolute Gasteiger partial charge is 0.220 e. The highest BCUT2D eigenvalue weighted by Gasteiger charge is 2.03. The molecule has 1 rings (SSSR count). The van der Waals surface area contributed by atoms with E-state index in [4.69, 9.17) is 5.11 Å². The Hall–Kier alpha value is -1.35. The molecule has 0 saturated heterocycles. The van der Waals surface area contributed by atoms with Crippen LogP contribution in [0.15, 0.2) is 24.3 Å². The minimum atomic E-state index is 0.0596. The highest BCUT2D eigenvalue weighted by Crippen LogP contribution is 2.09. The first-order chi connectivity index (χ1) is 8.27. The Morgan fingerprint density at radius 1 is 1.24 bits per heavy atom. The number of rotatable bonds is 7. The molecular formula is C14H21NO2. The Bertz CT molecular complexity index is 350. The van der Waals surface area contributed by atoms with E-state index in [0.29, 0.717) is 19.4 Å². The van der Waals surface area contributed by atoms with Gasteiger partial charge in [-0.05, 0) is 30.4 Å². The molecule has 0 atom stereocenters.